The molecule has 3 heterocycles. The van der Waals surface area contributed by atoms with Gasteiger partial charge in [-0.15, -0.1) is 0 Å². The monoisotopic (exact) mass is 384 g/mol. The first-order valence-corrected chi connectivity index (χ1v) is 10.00. The van der Waals surface area contributed by atoms with Crippen molar-refractivity contribution in [3.63, 3.8) is 0 Å². The van der Waals surface area contributed by atoms with E-state index in [1.54, 1.807) is 23.5 Å². The lowest BCUT2D eigenvalue weighted by Crippen LogP contribution is -2.43. The summed E-state index contributed by atoms with van der Waals surface area (Å²) in [5, 5.41) is 3.82. The number of aryl methyl sites for hydroxylation is 1. The largest absolute Gasteiger partial charge is 0.350 e. The Morgan fingerprint density at radius 1 is 1.33 bits per heavy atom. The van der Waals surface area contributed by atoms with Gasteiger partial charge in [0.05, 0.1) is 4.70 Å². The van der Waals surface area contributed by atoms with Gasteiger partial charge in [0.2, 0.25) is 5.91 Å². The summed E-state index contributed by atoms with van der Waals surface area (Å²) in [6.45, 7) is 3.31. The van der Waals surface area contributed by atoms with Crippen molar-refractivity contribution in [2.45, 2.75) is 38.8 Å². The molecule has 2 aromatic heterocycles. The quantitative estimate of drug-likeness (QED) is 0.729. The van der Waals surface area contributed by atoms with Crippen LogP contribution in [0.5, 0.6) is 0 Å². The Bertz CT molecular complexity index is 956. The lowest BCUT2D eigenvalue weighted by atomic mass is 10.2. The van der Waals surface area contributed by atoms with E-state index in [0.717, 1.165) is 46.8 Å². The molecule has 7 heteroatoms. The number of fused-ring (bicyclic) bond motifs is 1. The number of amides is 1. The molecule has 27 heavy (non-hydrogen) atoms. The second-order valence-electron chi connectivity index (χ2n) is 6.71. The van der Waals surface area contributed by atoms with Gasteiger partial charge in [-0.3, -0.25) is 4.79 Å². The molecule has 0 saturated carbocycles. The van der Waals surface area contributed by atoms with E-state index in [1.165, 1.54) is 17.7 Å². The zero-order chi connectivity index (χ0) is 18.8. The first-order valence-electron chi connectivity index (χ1n) is 9.18. The number of thiazole rings is 1. The van der Waals surface area contributed by atoms with Gasteiger partial charge >= 0.3 is 0 Å². The second kappa shape index (κ2) is 7.60. The van der Waals surface area contributed by atoms with Crippen LogP contribution in [0.1, 0.15) is 30.9 Å². The van der Waals surface area contributed by atoms with Crippen molar-refractivity contribution in [3.05, 3.63) is 53.5 Å². The van der Waals surface area contributed by atoms with E-state index in [-0.39, 0.29) is 17.8 Å². The molecule has 1 saturated heterocycles. The average Bonchev–Trinajstić information content (AvgIpc) is 3.33. The number of nitrogens with zero attached hydrogens (tertiary/aromatic N) is 3. The highest BCUT2D eigenvalue weighted by atomic mass is 32.1. The SMILES string of the molecule is CCc1cnc2nc(N3CCC[C@@H]3C(=O)NCc3ccc(F)cc3)sc2c1. The summed E-state index contributed by atoms with van der Waals surface area (Å²) >= 11 is 1.59. The third kappa shape index (κ3) is 3.78. The summed E-state index contributed by atoms with van der Waals surface area (Å²) < 4.78 is 14.1. The minimum Gasteiger partial charge on any atom is -0.350 e. The van der Waals surface area contributed by atoms with E-state index in [4.69, 9.17) is 0 Å². The van der Waals surface area contributed by atoms with Gasteiger partial charge in [-0.1, -0.05) is 30.4 Å². The Morgan fingerprint density at radius 3 is 2.93 bits per heavy atom. The number of nitrogens with one attached hydrogen (secondary N) is 1. The highest BCUT2D eigenvalue weighted by Gasteiger charge is 2.32. The van der Waals surface area contributed by atoms with E-state index in [9.17, 15) is 9.18 Å². The third-order valence-electron chi connectivity index (χ3n) is 4.88. The van der Waals surface area contributed by atoms with Crippen LogP contribution in [0.4, 0.5) is 9.52 Å². The minimum absolute atomic E-state index is 0.0155. The predicted octanol–water partition coefficient (Wildman–Crippen LogP) is 3.68. The van der Waals surface area contributed by atoms with E-state index in [0.29, 0.717) is 6.54 Å². The molecule has 0 aliphatic carbocycles. The summed E-state index contributed by atoms with van der Waals surface area (Å²) in [5.74, 6) is -0.291. The zero-order valence-corrected chi connectivity index (χ0v) is 15.9. The maximum absolute atomic E-state index is 13.0. The van der Waals surface area contributed by atoms with Crippen LogP contribution >= 0.6 is 11.3 Å². The number of benzene rings is 1. The summed E-state index contributed by atoms with van der Waals surface area (Å²) in [4.78, 5) is 23.9. The Morgan fingerprint density at radius 2 is 2.15 bits per heavy atom. The van der Waals surface area contributed by atoms with Gasteiger partial charge in [-0.25, -0.2) is 9.37 Å². The van der Waals surface area contributed by atoms with Crippen molar-refractivity contribution >= 4 is 32.7 Å². The summed E-state index contributed by atoms with van der Waals surface area (Å²) in [6, 6.07) is 8.09. The zero-order valence-electron chi connectivity index (χ0n) is 15.1. The number of hydrogen-bond donors (Lipinski definition) is 1. The summed E-state index contributed by atoms with van der Waals surface area (Å²) in [7, 11) is 0. The minimum atomic E-state index is -0.275. The number of halogens is 1. The molecule has 0 unspecified atom stereocenters. The second-order valence-corrected chi connectivity index (χ2v) is 7.72. The fourth-order valence-corrected chi connectivity index (χ4v) is 4.41. The molecule has 140 valence electrons. The van der Waals surface area contributed by atoms with Gasteiger partial charge in [0.25, 0.3) is 0 Å². The Kier molecular flexibility index (Phi) is 5.03. The van der Waals surface area contributed by atoms with Crippen molar-refractivity contribution in [1.29, 1.82) is 0 Å². The number of carbonyl (C=O) groups excluding carboxylic acids is 1. The van der Waals surface area contributed by atoms with E-state index in [2.05, 4.69) is 33.2 Å². The molecule has 0 spiro atoms. The molecule has 3 aromatic rings. The van der Waals surface area contributed by atoms with Crippen molar-refractivity contribution < 1.29 is 9.18 Å². The summed E-state index contributed by atoms with van der Waals surface area (Å²) in [6.07, 6.45) is 4.56. The van der Waals surface area contributed by atoms with E-state index in [1.807, 2.05) is 6.20 Å². The van der Waals surface area contributed by atoms with Gasteiger partial charge in [0, 0.05) is 19.3 Å². The number of rotatable bonds is 5. The normalized spacial score (nSPS) is 16.8. The molecule has 1 atom stereocenters. The maximum atomic E-state index is 13.0. The van der Waals surface area contributed by atoms with Crippen LogP contribution in [-0.4, -0.2) is 28.5 Å². The van der Waals surface area contributed by atoms with Crippen molar-refractivity contribution in [2.24, 2.45) is 0 Å². The fraction of sp³-hybridized carbons (Fsp3) is 0.350. The Hall–Kier alpha value is -2.54. The number of pyridine rings is 1. The van der Waals surface area contributed by atoms with Gasteiger partial charge in [-0.05, 0) is 48.6 Å². The van der Waals surface area contributed by atoms with Crippen LogP contribution in [0, 0.1) is 5.82 Å². The van der Waals surface area contributed by atoms with Crippen LogP contribution in [0.25, 0.3) is 10.3 Å². The van der Waals surface area contributed by atoms with E-state index < -0.39 is 0 Å². The molecule has 0 radical (unpaired) electrons. The topological polar surface area (TPSA) is 58.1 Å². The Balaban J connectivity index is 1.48. The van der Waals surface area contributed by atoms with Gasteiger partial charge < -0.3 is 10.2 Å². The molecule has 1 aliphatic rings. The van der Waals surface area contributed by atoms with E-state index >= 15 is 0 Å². The van der Waals surface area contributed by atoms with Gasteiger partial charge in [0.1, 0.15) is 11.9 Å². The summed E-state index contributed by atoms with van der Waals surface area (Å²) in [5.41, 5.74) is 2.81. The standard InChI is InChI=1S/C20H21FN4OS/c1-2-13-10-17-18(22-11-13)24-20(27-17)25-9-3-4-16(25)19(26)23-12-14-5-7-15(21)8-6-14/h5-8,10-11,16H,2-4,9,12H2,1H3,(H,23,26)/t16-/m1/s1. The molecule has 0 bridgehead atoms. The average molecular weight is 384 g/mol. The predicted molar refractivity (Wildman–Crippen MR) is 105 cm³/mol. The van der Waals surface area contributed by atoms with Crippen LogP contribution in [-0.2, 0) is 17.8 Å². The van der Waals surface area contributed by atoms with Crippen LogP contribution in [0.15, 0.2) is 36.5 Å². The lowest BCUT2D eigenvalue weighted by molar-refractivity contribution is -0.122. The van der Waals surface area contributed by atoms with Crippen molar-refractivity contribution in [1.82, 2.24) is 15.3 Å². The third-order valence-corrected chi connectivity index (χ3v) is 5.91. The van der Waals surface area contributed by atoms with Crippen LogP contribution in [0.2, 0.25) is 0 Å². The first-order chi connectivity index (χ1) is 13.1. The highest BCUT2D eigenvalue weighted by molar-refractivity contribution is 7.22. The molecule has 1 N–H and O–H groups in total. The molecule has 4 rings (SSSR count). The molecule has 1 aliphatic heterocycles. The first kappa shape index (κ1) is 17.9. The number of carbonyl (C=O) groups is 1. The highest BCUT2D eigenvalue weighted by Crippen LogP contribution is 2.33. The molecule has 1 amide bonds. The van der Waals surface area contributed by atoms with Crippen molar-refractivity contribution in [3.8, 4) is 0 Å². The van der Waals surface area contributed by atoms with Crippen molar-refractivity contribution in [2.75, 3.05) is 11.4 Å². The molecular formula is C20H21FN4OS. The molecule has 1 fully saturated rings. The Labute approximate surface area is 161 Å². The van der Waals surface area contributed by atoms with Gasteiger partial charge in [-0.2, -0.15) is 4.98 Å². The molecule has 5 nitrogen and oxygen atoms in total. The fourth-order valence-electron chi connectivity index (χ4n) is 3.34. The maximum Gasteiger partial charge on any atom is 0.243 e. The number of hydrogen-bond acceptors (Lipinski definition) is 5. The number of aromatic nitrogens is 2. The van der Waals surface area contributed by atoms with Crippen LogP contribution < -0.4 is 10.2 Å². The smallest absolute Gasteiger partial charge is 0.243 e. The number of anilines is 1. The lowest BCUT2D eigenvalue weighted by Gasteiger charge is -2.23. The molecule has 1 aromatic carbocycles. The van der Waals surface area contributed by atoms with Crippen LogP contribution in [0.3, 0.4) is 0 Å². The molecular weight excluding hydrogens is 363 g/mol. The van der Waals surface area contributed by atoms with Gasteiger partial charge in [0.15, 0.2) is 10.8 Å².